The van der Waals surface area contributed by atoms with Crippen LogP contribution in [0.4, 0.5) is 0 Å². The Bertz CT molecular complexity index is 366. The highest BCUT2D eigenvalue weighted by Gasteiger charge is 2.04. The fraction of sp³-hybridized carbons (Fsp3) is 0.333. The number of ether oxygens (including phenoxy) is 1. The first kappa shape index (κ1) is 10.6. The fourth-order valence-electron chi connectivity index (χ4n) is 0.976. The molecule has 0 unspecified atom stereocenters. The maximum Gasteiger partial charge on any atom is 0.134 e. The van der Waals surface area contributed by atoms with Crippen molar-refractivity contribution in [1.29, 1.82) is 0 Å². The Kier molecular flexibility index (Phi) is 3.16. The maximum absolute atomic E-state index is 5.76. The van der Waals surface area contributed by atoms with Crippen molar-refractivity contribution in [3.63, 3.8) is 0 Å². The number of hydrogen-bond donors (Lipinski definition) is 1. The molecule has 0 amide bonds. The van der Waals surface area contributed by atoms with E-state index in [0.717, 1.165) is 11.3 Å². The molecule has 0 aliphatic carbocycles. The molecule has 0 bridgehead atoms. The minimum absolute atomic E-state index is 0.471. The minimum Gasteiger partial charge on any atom is -0.495 e. The lowest BCUT2D eigenvalue weighted by molar-refractivity contribution is 0.413. The van der Waals surface area contributed by atoms with Crippen molar-refractivity contribution in [3.05, 3.63) is 29.8 Å². The quantitative estimate of drug-likeness (QED) is 0.683. The SMILES string of the molecule is COc1ccccc1C#CC(C)(C)N. The Morgan fingerprint density at radius 2 is 1.93 bits per heavy atom. The second-order valence-electron chi connectivity index (χ2n) is 3.67. The van der Waals surface area contributed by atoms with Gasteiger partial charge in [0, 0.05) is 0 Å². The molecule has 1 aromatic rings. The molecule has 2 heteroatoms. The van der Waals surface area contributed by atoms with Crippen molar-refractivity contribution in [2.45, 2.75) is 19.4 Å². The molecule has 14 heavy (non-hydrogen) atoms. The second-order valence-corrected chi connectivity index (χ2v) is 3.67. The molecule has 0 heterocycles. The third kappa shape index (κ3) is 3.12. The molecule has 0 aliphatic rings. The molecular weight excluding hydrogens is 174 g/mol. The zero-order valence-electron chi connectivity index (χ0n) is 8.79. The van der Waals surface area contributed by atoms with Gasteiger partial charge in [0.1, 0.15) is 5.75 Å². The molecule has 1 rings (SSSR count). The van der Waals surface area contributed by atoms with Crippen LogP contribution >= 0.6 is 0 Å². The van der Waals surface area contributed by atoms with E-state index < -0.39 is 5.54 Å². The van der Waals surface area contributed by atoms with Crippen LogP contribution in [0.3, 0.4) is 0 Å². The lowest BCUT2D eigenvalue weighted by atomic mass is 10.1. The summed E-state index contributed by atoms with van der Waals surface area (Å²) in [4.78, 5) is 0. The molecule has 0 fully saturated rings. The Labute approximate surface area is 85.1 Å². The van der Waals surface area contributed by atoms with Gasteiger partial charge in [-0.1, -0.05) is 24.0 Å². The van der Waals surface area contributed by atoms with E-state index in [1.807, 2.05) is 38.1 Å². The van der Waals surface area contributed by atoms with Gasteiger partial charge in [-0.05, 0) is 26.0 Å². The number of methoxy groups -OCH3 is 1. The molecule has 0 aliphatic heterocycles. The Balaban J connectivity index is 3.00. The molecular formula is C12H15NO. The molecule has 0 aromatic heterocycles. The highest BCUT2D eigenvalue weighted by molar-refractivity contribution is 5.46. The van der Waals surface area contributed by atoms with Crippen LogP contribution in [-0.2, 0) is 0 Å². The van der Waals surface area contributed by atoms with Gasteiger partial charge in [0.25, 0.3) is 0 Å². The standard InChI is InChI=1S/C12H15NO/c1-12(2,13)9-8-10-6-4-5-7-11(10)14-3/h4-7H,13H2,1-3H3. The number of benzene rings is 1. The van der Waals surface area contributed by atoms with E-state index in [4.69, 9.17) is 10.5 Å². The molecule has 1 aromatic carbocycles. The van der Waals surface area contributed by atoms with E-state index in [1.54, 1.807) is 7.11 Å². The summed E-state index contributed by atoms with van der Waals surface area (Å²) < 4.78 is 5.17. The van der Waals surface area contributed by atoms with E-state index in [-0.39, 0.29) is 0 Å². The summed E-state index contributed by atoms with van der Waals surface area (Å²) >= 11 is 0. The van der Waals surface area contributed by atoms with Crippen LogP contribution in [0, 0.1) is 11.8 Å². The summed E-state index contributed by atoms with van der Waals surface area (Å²) in [7, 11) is 1.63. The average molecular weight is 189 g/mol. The lowest BCUT2D eigenvalue weighted by Gasteiger charge is -2.08. The van der Waals surface area contributed by atoms with Crippen molar-refractivity contribution in [3.8, 4) is 17.6 Å². The average Bonchev–Trinajstić information content (AvgIpc) is 2.14. The summed E-state index contributed by atoms with van der Waals surface area (Å²) in [5, 5.41) is 0. The normalized spacial score (nSPS) is 10.3. The monoisotopic (exact) mass is 189 g/mol. The van der Waals surface area contributed by atoms with Gasteiger partial charge in [0.05, 0.1) is 18.2 Å². The zero-order chi connectivity index (χ0) is 10.6. The summed E-state index contributed by atoms with van der Waals surface area (Å²) in [5.74, 6) is 6.75. The van der Waals surface area contributed by atoms with Crippen LogP contribution in [-0.4, -0.2) is 12.6 Å². The minimum atomic E-state index is -0.471. The third-order valence-corrected chi connectivity index (χ3v) is 1.63. The van der Waals surface area contributed by atoms with E-state index in [0.29, 0.717) is 0 Å². The summed E-state index contributed by atoms with van der Waals surface area (Å²) in [6.07, 6.45) is 0. The molecule has 0 atom stereocenters. The van der Waals surface area contributed by atoms with Gasteiger partial charge in [0.15, 0.2) is 0 Å². The van der Waals surface area contributed by atoms with Crippen molar-refractivity contribution < 1.29 is 4.74 Å². The maximum atomic E-state index is 5.76. The van der Waals surface area contributed by atoms with Crippen LogP contribution in [0.5, 0.6) is 5.75 Å². The first-order chi connectivity index (χ1) is 6.53. The first-order valence-corrected chi connectivity index (χ1v) is 4.48. The number of nitrogens with two attached hydrogens (primary N) is 1. The predicted octanol–water partition coefficient (Wildman–Crippen LogP) is 1.78. The third-order valence-electron chi connectivity index (χ3n) is 1.63. The number of hydrogen-bond acceptors (Lipinski definition) is 2. The molecule has 2 N–H and O–H groups in total. The van der Waals surface area contributed by atoms with Crippen LogP contribution in [0.1, 0.15) is 19.4 Å². The van der Waals surface area contributed by atoms with Crippen molar-refractivity contribution in [1.82, 2.24) is 0 Å². The molecule has 0 radical (unpaired) electrons. The molecule has 2 nitrogen and oxygen atoms in total. The highest BCUT2D eigenvalue weighted by atomic mass is 16.5. The Morgan fingerprint density at radius 1 is 1.29 bits per heavy atom. The molecule has 74 valence electrons. The Morgan fingerprint density at radius 3 is 2.50 bits per heavy atom. The van der Waals surface area contributed by atoms with E-state index in [9.17, 15) is 0 Å². The van der Waals surface area contributed by atoms with E-state index in [1.165, 1.54) is 0 Å². The fourth-order valence-corrected chi connectivity index (χ4v) is 0.976. The van der Waals surface area contributed by atoms with Crippen molar-refractivity contribution >= 4 is 0 Å². The van der Waals surface area contributed by atoms with Crippen LogP contribution in [0.2, 0.25) is 0 Å². The summed E-state index contributed by atoms with van der Waals surface area (Å²) in [6, 6.07) is 7.64. The van der Waals surface area contributed by atoms with Crippen LogP contribution in [0.25, 0.3) is 0 Å². The lowest BCUT2D eigenvalue weighted by Crippen LogP contribution is -2.29. The topological polar surface area (TPSA) is 35.2 Å². The largest absolute Gasteiger partial charge is 0.495 e. The number of para-hydroxylation sites is 1. The molecule has 0 saturated carbocycles. The number of rotatable bonds is 1. The summed E-state index contributed by atoms with van der Waals surface area (Å²) in [5.41, 5.74) is 6.16. The van der Waals surface area contributed by atoms with Crippen molar-refractivity contribution in [2.75, 3.05) is 7.11 Å². The highest BCUT2D eigenvalue weighted by Crippen LogP contribution is 2.15. The smallest absolute Gasteiger partial charge is 0.134 e. The van der Waals surface area contributed by atoms with E-state index >= 15 is 0 Å². The van der Waals surface area contributed by atoms with Gasteiger partial charge in [0.2, 0.25) is 0 Å². The van der Waals surface area contributed by atoms with Crippen LogP contribution in [0.15, 0.2) is 24.3 Å². The second kappa shape index (κ2) is 4.17. The van der Waals surface area contributed by atoms with Gasteiger partial charge in [-0.3, -0.25) is 0 Å². The summed E-state index contributed by atoms with van der Waals surface area (Å²) in [6.45, 7) is 3.74. The van der Waals surface area contributed by atoms with Gasteiger partial charge in [-0.2, -0.15) is 0 Å². The van der Waals surface area contributed by atoms with Gasteiger partial charge in [-0.15, -0.1) is 0 Å². The van der Waals surface area contributed by atoms with Gasteiger partial charge in [-0.25, -0.2) is 0 Å². The zero-order valence-corrected chi connectivity index (χ0v) is 8.79. The molecule has 0 saturated heterocycles. The van der Waals surface area contributed by atoms with Gasteiger partial charge < -0.3 is 10.5 Å². The van der Waals surface area contributed by atoms with Crippen molar-refractivity contribution in [2.24, 2.45) is 5.73 Å². The van der Waals surface area contributed by atoms with Gasteiger partial charge >= 0.3 is 0 Å². The Hall–Kier alpha value is -1.46. The van der Waals surface area contributed by atoms with Crippen LogP contribution < -0.4 is 10.5 Å². The first-order valence-electron chi connectivity index (χ1n) is 4.48. The predicted molar refractivity (Wildman–Crippen MR) is 58.1 cm³/mol. The van der Waals surface area contributed by atoms with E-state index in [2.05, 4.69) is 11.8 Å². The molecule has 0 spiro atoms.